The second kappa shape index (κ2) is 7.78. The minimum atomic E-state index is -0.155. The van der Waals surface area contributed by atoms with Crippen LogP contribution in [0.1, 0.15) is 13.8 Å². The van der Waals surface area contributed by atoms with Crippen LogP contribution >= 0.6 is 0 Å². The van der Waals surface area contributed by atoms with Crippen molar-refractivity contribution in [3.8, 4) is 0 Å². The van der Waals surface area contributed by atoms with E-state index in [4.69, 9.17) is 0 Å². The molecule has 2 N–H and O–H groups in total. The molecule has 0 aromatic rings. The van der Waals surface area contributed by atoms with E-state index < -0.39 is 0 Å². The highest BCUT2D eigenvalue weighted by Crippen LogP contribution is 1.86. The highest BCUT2D eigenvalue weighted by atomic mass is 16.2. The van der Waals surface area contributed by atoms with Crippen molar-refractivity contribution >= 4 is 12.1 Å². The monoisotopic (exact) mass is 230 g/mol. The van der Waals surface area contributed by atoms with E-state index in [1.54, 1.807) is 19.0 Å². The molecule has 94 valence electrons. The molecular formula is C10H22N4O2. The van der Waals surface area contributed by atoms with E-state index in [2.05, 4.69) is 10.6 Å². The summed E-state index contributed by atoms with van der Waals surface area (Å²) in [7, 11) is 3.34. The molecule has 0 spiro atoms. The molecule has 6 heteroatoms. The molecule has 0 fully saturated rings. The maximum Gasteiger partial charge on any atom is 0.317 e. The summed E-state index contributed by atoms with van der Waals surface area (Å²) < 4.78 is 0. The molecule has 0 saturated heterocycles. The second-order valence-corrected chi connectivity index (χ2v) is 3.53. The second-order valence-electron chi connectivity index (χ2n) is 3.53. The van der Waals surface area contributed by atoms with E-state index in [1.165, 1.54) is 4.90 Å². The average Bonchev–Trinajstić information content (AvgIpc) is 2.25. The number of carbonyl (C=O) groups is 2. The van der Waals surface area contributed by atoms with Crippen molar-refractivity contribution in [3.63, 3.8) is 0 Å². The molecule has 0 aliphatic rings. The number of urea groups is 2. The topological polar surface area (TPSA) is 64.7 Å². The maximum atomic E-state index is 11.5. The quantitative estimate of drug-likeness (QED) is 0.668. The zero-order chi connectivity index (χ0) is 12.6. The van der Waals surface area contributed by atoms with Crippen LogP contribution in [-0.2, 0) is 0 Å². The van der Waals surface area contributed by atoms with Crippen molar-refractivity contribution in [1.82, 2.24) is 20.4 Å². The van der Waals surface area contributed by atoms with Crippen LogP contribution in [0.5, 0.6) is 0 Å². The van der Waals surface area contributed by atoms with Crippen LogP contribution in [-0.4, -0.2) is 62.1 Å². The van der Waals surface area contributed by atoms with E-state index in [1.807, 2.05) is 13.8 Å². The molecule has 16 heavy (non-hydrogen) atoms. The Balaban J connectivity index is 3.66. The summed E-state index contributed by atoms with van der Waals surface area (Å²) in [6.45, 7) is 6.10. The number of rotatable bonds is 5. The van der Waals surface area contributed by atoms with E-state index in [0.717, 1.165) is 0 Å². The number of hydrogen-bond acceptors (Lipinski definition) is 2. The van der Waals surface area contributed by atoms with Gasteiger partial charge in [0, 0.05) is 40.3 Å². The van der Waals surface area contributed by atoms with Crippen LogP contribution in [0.2, 0.25) is 0 Å². The minimum Gasteiger partial charge on any atom is -0.336 e. The summed E-state index contributed by atoms with van der Waals surface area (Å²) in [5, 5.41) is 5.40. The highest BCUT2D eigenvalue weighted by molar-refractivity contribution is 5.75. The summed E-state index contributed by atoms with van der Waals surface area (Å²) in [5.74, 6) is 0. The third kappa shape index (κ3) is 5.43. The fraction of sp³-hybridized carbons (Fsp3) is 0.800. The van der Waals surface area contributed by atoms with Gasteiger partial charge in [0.1, 0.15) is 0 Å². The van der Waals surface area contributed by atoms with Gasteiger partial charge in [-0.15, -0.1) is 0 Å². The Morgan fingerprint density at radius 1 is 0.938 bits per heavy atom. The molecule has 0 atom stereocenters. The molecule has 0 unspecified atom stereocenters. The molecule has 0 aliphatic carbocycles. The van der Waals surface area contributed by atoms with E-state index in [9.17, 15) is 9.59 Å². The molecule has 0 aliphatic heterocycles. The fourth-order valence-electron chi connectivity index (χ4n) is 1.12. The lowest BCUT2D eigenvalue weighted by Crippen LogP contribution is -2.44. The van der Waals surface area contributed by atoms with E-state index >= 15 is 0 Å². The smallest absolute Gasteiger partial charge is 0.317 e. The van der Waals surface area contributed by atoms with Gasteiger partial charge in [0.2, 0.25) is 0 Å². The normalized spacial score (nSPS) is 9.50. The maximum absolute atomic E-state index is 11.5. The minimum absolute atomic E-state index is 0.0934. The predicted molar refractivity (Wildman–Crippen MR) is 63.4 cm³/mol. The summed E-state index contributed by atoms with van der Waals surface area (Å²) in [6, 6.07) is -0.249. The standard InChI is InChI=1S/C10H22N4O2/c1-5-14(6-2)10(16)12-8-7-11-9(15)13(3)4/h5-8H2,1-4H3,(H,11,15)(H,12,16). The van der Waals surface area contributed by atoms with Gasteiger partial charge < -0.3 is 20.4 Å². The Kier molecular flexibility index (Phi) is 7.07. The van der Waals surface area contributed by atoms with Gasteiger partial charge in [0.25, 0.3) is 0 Å². The molecule has 0 saturated carbocycles. The molecule has 4 amide bonds. The number of hydrogen-bond donors (Lipinski definition) is 2. The molecular weight excluding hydrogens is 208 g/mol. The van der Waals surface area contributed by atoms with Crippen LogP contribution in [0.15, 0.2) is 0 Å². The van der Waals surface area contributed by atoms with Gasteiger partial charge in [-0.2, -0.15) is 0 Å². The van der Waals surface area contributed by atoms with Crippen molar-refractivity contribution in [2.75, 3.05) is 40.3 Å². The Morgan fingerprint density at radius 2 is 1.38 bits per heavy atom. The van der Waals surface area contributed by atoms with Crippen LogP contribution in [0, 0.1) is 0 Å². The first-order chi connectivity index (χ1) is 7.52. The number of amides is 4. The summed E-state index contributed by atoms with van der Waals surface area (Å²) >= 11 is 0. The average molecular weight is 230 g/mol. The van der Waals surface area contributed by atoms with Gasteiger partial charge in [0.15, 0.2) is 0 Å². The third-order valence-corrected chi connectivity index (χ3v) is 2.13. The van der Waals surface area contributed by atoms with Gasteiger partial charge in [-0.3, -0.25) is 0 Å². The van der Waals surface area contributed by atoms with Crippen molar-refractivity contribution in [1.29, 1.82) is 0 Å². The molecule has 0 aromatic carbocycles. The first-order valence-electron chi connectivity index (χ1n) is 5.50. The number of nitrogens with one attached hydrogen (secondary N) is 2. The Bertz CT molecular complexity index is 227. The largest absolute Gasteiger partial charge is 0.336 e. The summed E-state index contributed by atoms with van der Waals surface area (Å²) in [6.07, 6.45) is 0. The lowest BCUT2D eigenvalue weighted by molar-refractivity contribution is 0.202. The van der Waals surface area contributed by atoms with Crippen LogP contribution in [0.3, 0.4) is 0 Å². The highest BCUT2D eigenvalue weighted by Gasteiger charge is 2.08. The Morgan fingerprint density at radius 3 is 1.75 bits per heavy atom. The summed E-state index contributed by atoms with van der Waals surface area (Å²) in [4.78, 5) is 25.7. The lowest BCUT2D eigenvalue weighted by Gasteiger charge is -2.19. The molecule has 0 rings (SSSR count). The Hall–Kier alpha value is -1.46. The van der Waals surface area contributed by atoms with Crippen LogP contribution < -0.4 is 10.6 Å². The summed E-state index contributed by atoms with van der Waals surface area (Å²) in [5.41, 5.74) is 0. The van der Waals surface area contributed by atoms with Gasteiger partial charge in [0.05, 0.1) is 0 Å². The van der Waals surface area contributed by atoms with Crippen molar-refractivity contribution in [2.24, 2.45) is 0 Å². The first-order valence-corrected chi connectivity index (χ1v) is 5.50. The number of carbonyl (C=O) groups excluding carboxylic acids is 2. The van der Waals surface area contributed by atoms with Crippen LogP contribution in [0.25, 0.3) is 0 Å². The van der Waals surface area contributed by atoms with Crippen molar-refractivity contribution < 1.29 is 9.59 Å². The molecule has 6 nitrogen and oxygen atoms in total. The Labute approximate surface area is 97.0 Å². The zero-order valence-corrected chi connectivity index (χ0v) is 10.5. The molecule has 0 bridgehead atoms. The molecule has 0 aromatic heterocycles. The van der Waals surface area contributed by atoms with Gasteiger partial charge in [-0.05, 0) is 13.8 Å². The molecule has 0 heterocycles. The molecule has 0 radical (unpaired) electrons. The van der Waals surface area contributed by atoms with Crippen molar-refractivity contribution in [3.05, 3.63) is 0 Å². The van der Waals surface area contributed by atoms with E-state index in [-0.39, 0.29) is 12.1 Å². The van der Waals surface area contributed by atoms with Gasteiger partial charge >= 0.3 is 12.1 Å². The lowest BCUT2D eigenvalue weighted by atomic mass is 10.5. The van der Waals surface area contributed by atoms with Gasteiger partial charge in [-0.25, -0.2) is 9.59 Å². The fourth-order valence-corrected chi connectivity index (χ4v) is 1.12. The SMILES string of the molecule is CCN(CC)C(=O)NCCNC(=O)N(C)C. The first kappa shape index (κ1) is 14.5. The van der Waals surface area contributed by atoms with Crippen LogP contribution in [0.4, 0.5) is 9.59 Å². The zero-order valence-electron chi connectivity index (χ0n) is 10.5. The predicted octanol–water partition coefficient (Wildman–Crippen LogP) is 0.309. The van der Waals surface area contributed by atoms with Crippen molar-refractivity contribution in [2.45, 2.75) is 13.8 Å². The van der Waals surface area contributed by atoms with Gasteiger partial charge in [-0.1, -0.05) is 0 Å². The number of nitrogens with zero attached hydrogens (tertiary/aromatic N) is 2. The third-order valence-electron chi connectivity index (χ3n) is 2.13. The van der Waals surface area contributed by atoms with E-state index in [0.29, 0.717) is 26.2 Å².